The van der Waals surface area contributed by atoms with Gasteiger partial charge in [-0.25, -0.2) is 0 Å². The third-order valence-corrected chi connectivity index (χ3v) is 4.24. The Morgan fingerprint density at radius 1 is 1.29 bits per heavy atom. The van der Waals surface area contributed by atoms with Crippen LogP contribution in [0, 0.1) is 5.92 Å². The van der Waals surface area contributed by atoms with E-state index in [-0.39, 0.29) is 17.7 Å². The molecule has 0 spiro atoms. The van der Waals surface area contributed by atoms with Gasteiger partial charge in [0.25, 0.3) is 5.91 Å². The van der Waals surface area contributed by atoms with Crippen LogP contribution in [0.1, 0.15) is 5.56 Å². The SMILES string of the molecule is O=C1N(Cc2ccccc2)CC(CCl)C1(Cl)Cl. The van der Waals surface area contributed by atoms with Gasteiger partial charge in [-0.1, -0.05) is 53.5 Å². The van der Waals surface area contributed by atoms with Crippen molar-refractivity contribution in [3.05, 3.63) is 35.9 Å². The Hall–Kier alpha value is -0.440. The molecule has 1 amide bonds. The third kappa shape index (κ3) is 2.54. The normalized spacial score (nSPS) is 23.1. The molecule has 0 aliphatic carbocycles. The summed E-state index contributed by atoms with van der Waals surface area (Å²) in [5.41, 5.74) is 1.06. The molecular weight excluding hydrogens is 280 g/mol. The first-order valence-corrected chi connectivity index (χ1v) is 6.62. The van der Waals surface area contributed by atoms with Crippen molar-refractivity contribution in [1.29, 1.82) is 0 Å². The minimum Gasteiger partial charge on any atom is -0.335 e. The minimum absolute atomic E-state index is 0.219. The molecule has 1 aromatic rings. The summed E-state index contributed by atoms with van der Waals surface area (Å²) < 4.78 is -1.38. The molecule has 0 radical (unpaired) electrons. The average molecular weight is 293 g/mol. The summed E-state index contributed by atoms with van der Waals surface area (Å²) in [5.74, 6) is -0.191. The molecule has 0 saturated carbocycles. The van der Waals surface area contributed by atoms with Crippen molar-refractivity contribution >= 4 is 40.7 Å². The van der Waals surface area contributed by atoms with E-state index in [9.17, 15) is 4.79 Å². The van der Waals surface area contributed by atoms with Crippen molar-refractivity contribution in [2.75, 3.05) is 12.4 Å². The maximum atomic E-state index is 12.0. The number of halogens is 3. The molecule has 92 valence electrons. The number of likely N-dealkylation sites (tertiary alicyclic amines) is 1. The second kappa shape index (κ2) is 5.05. The van der Waals surface area contributed by atoms with E-state index in [0.29, 0.717) is 13.1 Å². The summed E-state index contributed by atoms with van der Waals surface area (Å²) >= 11 is 17.8. The van der Waals surface area contributed by atoms with Gasteiger partial charge in [0.15, 0.2) is 0 Å². The highest BCUT2D eigenvalue weighted by molar-refractivity contribution is 6.59. The maximum Gasteiger partial charge on any atom is 0.259 e. The van der Waals surface area contributed by atoms with E-state index in [1.807, 2.05) is 30.3 Å². The van der Waals surface area contributed by atoms with Crippen molar-refractivity contribution in [1.82, 2.24) is 4.90 Å². The Morgan fingerprint density at radius 3 is 2.47 bits per heavy atom. The highest BCUT2D eigenvalue weighted by Gasteiger charge is 2.51. The number of benzene rings is 1. The van der Waals surface area contributed by atoms with E-state index in [1.165, 1.54) is 0 Å². The minimum atomic E-state index is -1.38. The molecule has 1 aliphatic rings. The predicted molar refractivity (Wildman–Crippen MR) is 70.5 cm³/mol. The topological polar surface area (TPSA) is 20.3 Å². The van der Waals surface area contributed by atoms with E-state index < -0.39 is 4.33 Å². The molecule has 1 aliphatic heterocycles. The van der Waals surface area contributed by atoms with Gasteiger partial charge >= 0.3 is 0 Å². The van der Waals surface area contributed by atoms with Crippen LogP contribution >= 0.6 is 34.8 Å². The summed E-state index contributed by atoms with van der Waals surface area (Å²) in [6.07, 6.45) is 0. The molecule has 0 bridgehead atoms. The molecule has 0 N–H and O–H groups in total. The summed E-state index contributed by atoms with van der Waals surface area (Å²) in [6, 6.07) is 9.73. The molecule has 1 heterocycles. The molecule has 0 aromatic heterocycles. The van der Waals surface area contributed by atoms with E-state index >= 15 is 0 Å². The Kier molecular flexibility index (Phi) is 3.86. The second-order valence-electron chi connectivity index (χ2n) is 4.15. The monoisotopic (exact) mass is 291 g/mol. The number of carbonyl (C=O) groups is 1. The average Bonchev–Trinajstić information content (AvgIpc) is 2.54. The molecule has 1 saturated heterocycles. The Labute approximate surface area is 115 Å². The van der Waals surface area contributed by atoms with Crippen LogP contribution in [0.2, 0.25) is 0 Å². The van der Waals surface area contributed by atoms with Crippen LogP contribution in [-0.4, -0.2) is 27.6 Å². The first-order chi connectivity index (χ1) is 8.05. The van der Waals surface area contributed by atoms with Crippen molar-refractivity contribution in [3.63, 3.8) is 0 Å². The van der Waals surface area contributed by atoms with Gasteiger partial charge in [-0.05, 0) is 5.56 Å². The number of hydrogen-bond acceptors (Lipinski definition) is 1. The lowest BCUT2D eigenvalue weighted by Crippen LogP contribution is -2.33. The zero-order chi connectivity index (χ0) is 12.5. The molecule has 17 heavy (non-hydrogen) atoms. The first-order valence-electron chi connectivity index (χ1n) is 5.32. The third-order valence-electron chi connectivity index (χ3n) is 2.93. The fourth-order valence-electron chi connectivity index (χ4n) is 1.93. The van der Waals surface area contributed by atoms with E-state index in [1.54, 1.807) is 4.90 Å². The molecule has 1 fully saturated rings. The quantitative estimate of drug-likeness (QED) is 0.784. The maximum absolute atomic E-state index is 12.0. The standard InChI is InChI=1S/C12H12Cl3NO/c13-6-10-8-16(11(17)12(10,14)15)7-9-4-2-1-3-5-9/h1-5,10H,6-8H2. The smallest absolute Gasteiger partial charge is 0.259 e. The molecule has 1 aromatic carbocycles. The lowest BCUT2D eigenvalue weighted by Gasteiger charge is -2.17. The Morgan fingerprint density at radius 2 is 1.94 bits per heavy atom. The Balaban J connectivity index is 2.12. The van der Waals surface area contributed by atoms with E-state index in [0.717, 1.165) is 5.56 Å². The van der Waals surface area contributed by atoms with Gasteiger partial charge < -0.3 is 4.90 Å². The van der Waals surface area contributed by atoms with Crippen LogP contribution in [0.15, 0.2) is 30.3 Å². The molecule has 1 unspecified atom stereocenters. The predicted octanol–water partition coefficient (Wildman–Crippen LogP) is 3.06. The number of rotatable bonds is 3. The van der Waals surface area contributed by atoms with Crippen LogP contribution in [0.5, 0.6) is 0 Å². The van der Waals surface area contributed by atoms with Gasteiger partial charge in [-0.2, -0.15) is 0 Å². The van der Waals surface area contributed by atoms with Gasteiger partial charge in [0.05, 0.1) is 0 Å². The summed E-state index contributed by atoms with van der Waals surface area (Å²) in [4.78, 5) is 13.7. The molecule has 5 heteroatoms. The summed E-state index contributed by atoms with van der Waals surface area (Å²) in [7, 11) is 0. The largest absolute Gasteiger partial charge is 0.335 e. The summed E-state index contributed by atoms with van der Waals surface area (Å²) in [6.45, 7) is 1.03. The lowest BCUT2D eigenvalue weighted by molar-refractivity contribution is -0.128. The van der Waals surface area contributed by atoms with Gasteiger partial charge in [0, 0.05) is 24.9 Å². The molecule has 2 rings (SSSR count). The number of alkyl halides is 3. The number of amides is 1. The highest BCUT2D eigenvalue weighted by Crippen LogP contribution is 2.40. The fraction of sp³-hybridized carbons (Fsp3) is 0.417. The van der Waals surface area contributed by atoms with Gasteiger partial charge in [0.2, 0.25) is 4.33 Å². The van der Waals surface area contributed by atoms with Crippen molar-refractivity contribution in [2.24, 2.45) is 5.92 Å². The van der Waals surface area contributed by atoms with Crippen molar-refractivity contribution in [3.8, 4) is 0 Å². The van der Waals surface area contributed by atoms with Crippen LogP contribution in [0.25, 0.3) is 0 Å². The Bertz CT molecular complexity index is 407. The van der Waals surface area contributed by atoms with Crippen molar-refractivity contribution in [2.45, 2.75) is 10.9 Å². The van der Waals surface area contributed by atoms with Crippen LogP contribution < -0.4 is 0 Å². The summed E-state index contributed by atoms with van der Waals surface area (Å²) in [5, 5.41) is 0. The van der Waals surface area contributed by atoms with E-state index in [4.69, 9.17) is 34.8 Å². The zero-order valence-corrected chi connectivity index (χ0v) is 11.3. The lowest BCUT2D eigenvalue weighted by atomic mass is 10.1. The highest BCUT2D eigenvalue weighted by atomic mass is 35.5. The molecule has 2 nitrogen and oxygen atoms in total. The van der Waals surface area contributed by atoms with Gasteiger partial charge in [0.1, 0.15) is 0 Å². The van der Waals surface area contributed by atoms with Gasteiger partial charge in [-0.3, -0.25) is 4.79 Å². The first kappa shape index (κ1) is 13.0. The van der Waals surface area contributed by atoms with Gasteiger partial charge in [-0.15, -0.1) is 11.6 Å². The fourth-order valence-corrected chi connectivity index (χ4v) is 2.95. The molecule has 1 atom stereocenters. The van der Waals surface area contributed by atoms with Crippen LogP contribution in [0.4, 0.5) is 0 Å². The van der Waals surface area contributed by atoms with E-state index in [2.05, 4.69) is 0 Å². The number of hydrogen-bond donors (Lipinski definition) is 0. The van der Waals surface area contributed by atoms with Crippen LogP contribution in [0.3, 0.4) is 0 Å². The number of nitrogens with zero attached hydrogens (tertiary/aromatic N) is 1. The molecular formula is C12H12Cl3NO. The number of carbonyl (C=O) groups excluding carboxylic acids is 1. The van der Waals surface area contributed by atoms with Crippen LogP contribution in [-0.2, 0) is 11.3 Å². The van der Waals surface area contributed by atoms with Crippen molar-refractivity contribution < 1.29 is 4.79 Å². The second-order valence-corrected chi connectivity index (χ2v) is 5.84. The zero-order valence-electron chi connectivity index (χ0n) is 9.07.